The number of benzene rings is 1. The van der Waals surface area contributed by atoms with Gasteiger partial charge in [0.1, 0.15) is 0 Å². The number of carbonyl (C=O) groups excluding carboxylic acids is 1. The zero-order chi connectivity index (χ0) is 15.7. The highest BCUT2D eigenvalue weighted by molar-refractivity contribution is 7.91. The topological polar surface area (TPSA) is 54.5 Å². The van der Waals surface area contributed by atoms with Gasteiger partial charge < -0.3 is 4.90 Å². The first-order valence-electron chi connectivity index (χ1n) is 7.07. The van der Waals surface area contributed by atoms with Gasteiger partial charge in [0.2, 0.25) is 0 Å². The third kappa shape index (κ3) is 3.08. The predicted octanol–water partition coefficient (Wildman–Crippen LogP) is 2.67. The fourth-order valence-electron chi connectivity index (χ4n) is 2.66. The number of nitrogens with zero attached hydrogens (tertiary/aromatic N) is 1. The smallest absolute Gasteiger partial charge is 0.253 e. The molecule has 1 aliphatic rings. The van der Waals surface area contributed by atoms with Crippen LogP contribution in [0.4, 0.5) is 0 Å². The molecular weight excluding hydrogens is 318 g/mol. The fourth-order valence-corrected chi connectivity index (χ4v) is 4.38. The average Bonchev–Trinajstić information content (AvgIpc) is 3.17. The molecule has 0 N–H and O–H groups in total. The number of rotatable bonds is 3. The maximum atomic E-state index is 12.5. The first-order chi connectivity index (χ1) is 10.4. The molecule has 1 aromatic heterocycles. The van der Waals surface area contributed by atoms with Crippen LogP contribution in [0.1, 0.15) is 16.8 Å². The molecule has 0 aliphatic carbocycles. The molecule has 1 aliphatic heterocycles. The van der Waals surface area contributed by atoms with E-state index in [-0.39, 0.29) is 5.91 Å². The van der Waals surface area contributed by atoms with E-state index in [1.807, 2.05) is 41.8 Å². The minimum Gasteiger partial charge on any atom is -0.337 e. The summed E-state index contributed by atoms with van der Waals surface area (Å²) in [5.41, 5.74) is 1.69. The Hall–Kier alpha value is -1.66. The Kier molecular flexibility index (Phi) is 4.06. The van der Waals surface area contributed by atoms with Gasteiger partial charge >= 0.3 is 0 Å². The number of thiophene rings is 1. The highest BCUT2D eigenvalue weighted by Crippen LogP contribution is 2.25. The first kappa shape index (κ1) is 15.2. The van der Waals surface area contributed by atoms with Crippen molar-refractivity contribution in [1.29, 1.82) is 0 Å². The van der Waals surface area contributed by atoms with Crippen molar-refractivity contribution >= 4 is 27.1 Å². The SMILES string of the molecule is CS(=O)(=O)C1CCN(C(=O)c2ccc(-c3cccs3)cc2)C1. The molecule has 0 radical (unpaired) electrons. The van der Waals surface area contributed by atoms with Gasteiger partial charge in [-0.2, -0.15) is 0 Å². The van der Waals surface area contributed by atoms with Gasteiger partial charge in [-0.25, -0.2) is 8.42 Å². The van der Waals surface area contributed by atoms with Gasteiger partial charge in [-0.05, 0) is 35.6 Å². The summed E-state index contributed by atoms with van der Waals surface area (Å²) in [4.78, 5) is 15.2. The van der Waals surface area contributed by atoms with Gasteiger partial charge in [0.15, 0.2) is 9.84 Å². The van der Waals surface area contributed by atoms with Gasteiger partial charge in [0, 0.05) is 29.8 Å². The Morgan fingerprint density at radius 2 is 1.95 bits per heavy atom. The van der Waals surface area contributed by atoms with Gasteiger partial charge in [0.25, 0.3) is 5.91 Å². The lowest BCUT2D eigenvalue weighted by Gasteiger charge is -2.16. The largest absolute Gasteiger partial charge is 0.337 e. The second-order valence-corrected chi connectivity index (χ2v) is 8.82. The average molecular weight is 335 g/mol. The first-order valence-corrected chi connectivity index (χ1v) is 9.90. The molecule has 3 rings (SSSR count). The van der Waals surface area contributed by atoms with Crippen LogP contribution in [-0.4, -0.2) is 43.8 Å². The zero-order valence-electron chi connectivity index (χ0n) is 12.2. The van der Waals surface area contributed by atoms with E-state index in [2.05, 4.69) is 0 Å². The minimum atomic E-state index is -3.08. The Bertz CT molecular complexity index is 764. The quantitative estimate of drug-likeness (QED) is 0.866. The predicted molar refractivity (Wildman–Crippen MR) is 88.9 cm³/mol. The highest BCUT2D eigenvalue weighted by Gasteiger charge is 2.32. The van der Waals surface area contributed by atoms with E-state index in [0.29, 0.717) is 25.1 Å². The van der Waals surface area contributed by atoms with Crippen LogP contribution in [0.3, 0.4) is 0 Å². The fraction of sp³-hybridized carbons (Fsp3) is 0.312. The molecule has 22 heavy (non-hydrogen) atoms. The molecule has 4 nitrogen and oxygen atoms in total. The zero-order valence-corrected chi connectivity index (χ0v) is 13.9. The van der Waals surface area contributed by atoms with Crippen molar-refractivity contribution in [2.75, 3.05) is 19.3 Å². The second kappa shape index (κ2) is 5.85. The molecule has 6 heteroatoms. The van der Waals surface area contributed by atoms with Crippen LogP contribution in [-0.2, 0) is 9.84 Å². The molecule has 1 fully saturated rings. The van der Waals surface area contributed by atoms with Gasteiger partial charge in [0.05, 0.1) is 5.25 Å². The lowest BCUT2D eigenvalue weighted by molar-refractivity contribution is 0.0793. The van der Waals surface area contributed by atoms with Crippen molar-refractivity contribution in [3.63, 3.8) is 0 Å². The molecule has 1 aromatic carbocycles. The van der Waals surface area contributed by atoms with Crippen LogP contribution in [0.2, 0.25) is 0 Å². The van der Waals surface area contributed by atoms with E-state index < -0.39 is 15.1 Å². The Morgan fingerprint density at radius 3 is 2.50 bits per heavy atom. The van der Waals surface area contributed by atoms with Crippen molar-refractivity contribution in [3.8, 4) is 10.4 Å². The monoisotopic (exact) mass is 335 g/mol. The minimum absolute atomic E-state index is 0.0936. The van der Waals surface area contributed by atoms with Gasteiger partial charge in [-0.3, -0.25) is 4.79 Å². The number of likely N-dealkylation sites (tertiary alicyclic amines) is 1. The number of carbonyl (C=O) groups is 1. The molecule has 0 saturated carbocycles. The van der Waals surface area contributed by atoms with Crippen molar-refractivity contribution in [2.24, 2.45) is 0 Å². The van der Waals surface area contributed by atoms with Crippen molar-refractivity contribution in [2.45, 2.75) is 11.7 Å². The van der Waals surface area contributed by atoms with Gasteiger partial charge in [-0.15, -0.1) is 11.3 Å². The molecule has 0 bridgehead atoms. The molecule has 1 saturated heterocycles. The Balaban J connectivity index is 1.73. The number of sulfone groups is 1. The number of hydrogen-bond donors (Lipinski definition) is 0. The van der Waals surface area contributed by atoms with Crippen LogP contribution in [0.25, 0.3) is 10.4 Å². The molecule has 2 heterocycles. The Labute approximate surface area is 134 Å². The number of amides is 1. The van der Waals surface area contributed by atoms with E-state index in [9.17, 15) is 13.2 Å². The summed E-state index contributed by atoms with van der Waals surface area (Å²) in [5, 5.41) is 1.59. The number of hydrogen-bond acceptors (Lipinski definition) is 4. The molecule has 1 atom stereocenters. The van der Waals surface area contributed by atoms with Crippen molar-refractivity contribution < 1.29 is 13.2 Å². The van der Waals surface area contributed by atoms with Crippen LogP contribution >= 0.6 is 11.3 Å². The van der Waals surface area contributed by atoms with Crippen molar-refractivity contribution in [1.82, 2.24) is 4.90 Å². The maximum absolute atomic E-state index is 12.5. The molecule has 2 aromatic rings. The Morgan fingerprint density at radius 1 is 1.23 bits per heavy atom. The van der Waals surface area contributed by atoms with Crippen LogP contribution in [0.15, 0.2) is 41.8 Å². The van der Waals surface area contributed by atoms with Crippen LogP contribution < -0.4 is 0 Å². The summed E-state index contributed by atoms with van der Waals surface area (Å²) in [6, 6.07) is 11.5. The summed E-state index contributed by atoms with van der Waals surface area (Å²) >= 11 is 1.66. The lowest BCUT2D eigenvalue weighted by Crippen LogP contribution is -2.31. The normalized spacial score (nSPS) is 18.6. The van der Waals surface area contributed by atoms with E-state index in [1.54, 1.807) is 16.2 Å². The summed E-state index contributed by atoms with van der Waals surface area (Å²) in [5.74, 6) is -0.0936. The van der Waals surface area contributed by atoms with Crippen LogP contribution in [0.5, 0.6) is 0 Å². The molecule has 1 amide bonds. The third-order valence-corrected chi connectivity index (χ3v) is 6.49. The van der Waals surface area contributed by atoms with E-state index in [4.69, 9.17) is 0 Å². The van der Waals surface area contributed by atoms with E-state index >= 15 is 0 Å². The summed E-state index contributed by atoms with van der Waals surface area (Å²) < 4.78 is 23.2. The lowest BCUT2D eigenvalue weighted by atomic mass is 10.1. The van der Waals surface area contributed by atoms with Crippen LogP contribution in [0, 0.1) is 0 Å². The summed E-state index contributed by atoms with van der Waals surface area (Å²) in [7, 11) is -3.08. The maximum Gasteiger partial charge on any atom is 0.253 e. The van der Waals surface area contributed by atoms with E-state index in [0.717, 1.165) is 10.4 Å². The molecule has 1 unspecified atom stereocenters. The van der Waals surface area contributed by atoms with Gasteiger partial charge in [-0.1, -0.05) is 18.2 Å². The third-order valence-electron chi connectivity index (χ3n) is 3.98. The molecular formula is C16H17NO3S2. The van der Waals surface area contributed by atoms with Crippen molar-refractivity contribution in [3.05, 3.63) is 47.3 Å². The highest BCUT2D eigenvalue weighted by atomic mass is 32.2. The standard InChI is InChI=1S/C16H17NO3S2/c1-22(19,20)14-8-9-17(11-14)16(18)13-6-4-12(5-7-13)15-3-2-10-21-15/h2-7,10,14H,8-9,11H2,1H3. The molecule has 0 spiro atoms. The summed E-state index contributed by atoms with van der Waals surface area (Å²) in [6.45, 7) is 0.799. The second-order valence-electron chi connectivity index (χ2n) is 5.55. The molecule has 116 valence electrons. The van der Waals surface area contributed by atoms with E-state index in [1.165, 1.54) is 6.26 Å². The summed E-state index contributed by atoms with van der Waals surface area (Å²) in [6.07, 6.45) is 1.76.